The molecule has 1 aromatic carbocycles. The zero-order chi connectivity index (χ0) is 17.2. The molecule has 2 rings (SSSR count). The van der Waals surface area contributed by atoms with Crippen LogP contribution in [0.15, 0.2) is 36.5 Å². The van der Waals surface area contributed by atoms with E-state index in [0.717, 1.165) is 30.2 Å². The highest BCUT2D eigenvalue weighted by molar-refractivity contribution is 6.29. The second kappa shape index (κ2) is 10.2. The van der Waals surface area contributed by atoms with Gasteiger partial charge in [-0.25, -0.2) is 4.98 Å². The highest BCUT2D eigenvalue weighted by Crippen LogP contribution is 2.29. The van der Waals surface area contributed by atoms with Crippen molar-refractivity contribution < 1.29 is 9.47 Å². The molecule has 0 aliphatic rings. The fourth-order valence-corrected chi connectivity index (χ4v) is 2.35. The summed E-state index contributed by atoms with van der Waals surface area (Å²) in [6, 6.07) is 9.73. The van der Waals surface area contributed by atoms with Crippen molar-refractivity contribution in [3.8, 4) is 11.5 Å². The van der Waals surface area contributed by atoms with Gasteiger partial charge in [0.25, 0.3) is 0 Å². The molecular weight excluding hydrogens is 324 g/mol. The van der Waals surface area contributed by atoms with Crippen LogP contribution >= 0.6 is 11.6 Å². The number of hydrogen-bond acceptors (Lipinski definition) is 4. The molecule has 0 spiro atoms. The molecule has 0 amide bonds. The molecule has 1 N–H and O–H groups in total. The Balaban J connectivity index is 1.98. The van der Waals surface area contributed by atoms with Gasteiger partial charge in [0.15, 0.2) is 11.5 Å². The van der Waals surface area contributed by atoms with Gasteiger partial charge in [0.1, 0.15) is 11.8 Å². The summed E-state index contributed by atoms with van der Waals surface area (Å²) in [6.07, 6.45) is 4.10. The number of unbranched alkanes of at least 4 members (excludes halogenated alkanes) is 1. The van der Waals surface area contributed by atoms with E-state index in [1.165, 1.54) is 18.4 Å². The highest BCUT2D eigenvalue weighted by atomic mass is 35.5. The van der Waals surface area contributed by atoms with Crippen molar-refractivity contribution in [3.05, 3.63) is 52.8 Å². The maximum Gasteiger partial charge on any atom is 0.161 e. The van der Waals surface area contributed by atoms with Crippen molar-refractivity contribution in [2.75, 3.05) is 13.2 Å². The molecule has 0 aliphatic heterocycles. The van der Waals surface area contributed by atoms with Gasteiger partial charge in [0.05, 0.1) is 6.61 Å². The van der Waals surface area contributed by atoms with Gasteiger partial charge in [0, 0.05) is 18.3 Å². The van der Waals surface area contributed by atoms with E-state index in [1.54, 1.807) is 12.3 Å². The minimum absolute atomic E-state index is 0.429. The Labute approximate surface area is 149 Å². The second-order valence-electron chi connectivity index (χ2n) is 5.52. The first-order valence-corrected chi connectivity index (χ1v) is 8.80. The van der Waals surface area contributed by atoms with Crippen LogP contribution in [0.5, 0.6) is 11.5 Å². The summed E-state index contributed by atoms with van der Waals surface area (Å²) in [7, 11) is 0. The molecule has 0 saturated carbocycles. The summed E-state index contributed by atoms with van der Waals surface area (Å²) in [5, 5.41) is 3.92. The monoisotopic (exact) mass is 348 g/mol. The average molecular weight is 349 g/mol. The Bertz CT molecular complexity index is 617. The average Bonchev–Trinajstić information content (AvgIpc) is 2.60. The van der Waals surface area contributed by atoms with E-state index in [0.29, 0.717) is 18.4 Å². The van der Waals surface area contributed by atoms with Crippen LogP contribution in [0, 0.1) is 0 Å². The van der Waals surface area contributed by atoms with E-state index >= 15 is 0 Å². The Kier molecular flexibility index (Phi) is 7.86. The number of ether oxygens (including phenoxy) is 2. The fourth-order valence-electron chi connectivity index (χ4n) is 2.24. The molecule has 2 aromatic rings. The smallest absolute Gasteiger partial charge is 0.161 e. The maximum absolute atomic E-state index is 5.89. The van der Waals surface area contributed by atoms with Crippen LogP contribution in [0.1, 0.15) is 37.8 Å². The molecule has 24 heavy (non-hydrogen) atoms. The molecule has 130 valence electrons. The molecule has 5 heteroatoms. The Morgan fingerprint density at radius 1 is 1.04 bits per heavy atom. The first kappa shape index (κ1) is 18.6. The lowest BCUT2D eigenvalue weighted by Crippen LogP contribution is -2.14. The lowest BCUT2D eigenvalue weighted by atomic mass is 10.2. The Hall–Kier alpha value is -1.78. The van der Waals surface area contributed by atoms with Gasteiger partial charge in [-0.1, -0.05) is 37.1 Å². The third-order valence-corrected chi connectivity index (χ3v) is 3.75. The van der Waals surface area contributed by atoms with Crippen LogP contribution in [-0.4, -0.2) is 18.1 Å². The molecule has 1 aromatic heterocycles. The van der Waals surface area contributed by atoms with Crippen molar-refractivity contribution in [1.29, 1.82) is 0 Å². The van der Waals surface area contributed by atoms with Crippen molar-refractivity contribution in [2.45, 2.75) is 39.8 Å². The molecule has 1 heterocycles. The van der Waals surface area contributed by atoms with Gasteiger partial charge in [-0.15, -0.1) is 0 Å². The van der Waals surface area contributed by atoms with Gasteiger partial charge in [-0.05, 0) is 43.7 Å². The molecule has 0 atom stereocenters. The van der Waals surface area contributed by atoms with Crippen LogP contribution in [-0.2, 0) is 13.2 Å². The SMILES string of the molecule is CCCCNCc1ccc(OCc2ccc(Cl)nc2)c(OCC)c1. The minimum atomic E-state index is 0.429. The summed E-state index contributed by atoms with van der Waals surface area (Å²) in [5.41, 5.74) is 2.15. The van der Waals surface area contributed by atoms with E-state index in [1.807, 2.05) is 25.1 Å². The quantitative estimate of drug-likeness (QED) is 0.503. The van der Waals surface area contributed by atoms with Crippen molar-refractivity contribution in [1.82, 2.24) is 10.3 Å². The minimum Gasteiger partial charge on any atom is -0.490 e. The van der Waals surface area contributed by atoms with Crippen LogP contribution < -0.4 is 14.8 Å². The normalized spacial score (nSPS) is 10.6. The number of aromatic nitrogens is 1. The van der Waals surface area contributed by atoms with Gasteiger partial charge in [-0.2, -0.15) is 0 Å². The molecular formula is C19H25ClN2O2. The number of rotatable bonds is 10. The molecule has 0 saturated heterocycles. The number of pyridine rings is 1. The van der Waals surface area contributed by atoms with Crippen LogP contribution in [0.25, 0.3) is 0 Å². The zero-order valence-electron chi connectivity index (χ0n) is 14.3. The largest absolute Gasteiger partial charge is 0.490 e. The van der Waals surface area contributed by atoms with Gasteiger partial charge < -0.3 is 14.8 Å². The Morgan fingerprint density at radius 3 is 2.58 bits per heavy atom. The lowest BCUT2D eigenvalue weighted by Gasteiger charge is -2.14. The second-order valence-corrected chi connectivity index (χ2v) is 5.91. The van der Waals surface area contributed by atoms with E-state index in [-0.39, 0.29) is 0 Å². The summed E-state index contributed by atoms with van der Waals surface area (Å²) in [4.78, 5) is 4.06. The van der Waals surface area contributed by atoms with Gasteiger partial charge in [-0.3, -0.25) is 0 Å². The maximum atomic E-state index is 5.89. The van der Waals surface area contributed by atoms with Gasteiger partial charge in [0.2, 0.25) is 0 Å². The first-order valence-electron chi connectivity index (χ1n) is 8.42. The summed E-state index contributed by atoms with van der Waals surface area (Å²) < 4.78 is 11.6. The number of nitrogens with zero attached hydrogens (tertiary/aromatic N) is 1. The molecule has 0 fully saturated rings. The predicted molar refractivity (Wildman–Crippen MR) is 97.8 cm³/mol. The molecule has 0 bridgehead atoms. The highest BCUT2D eigenvalue weighted by Gasteiger charge is 2.07. The molecule has 4 nitrogen and oxygen atoms in total. The van der Waals surface area contributed by atoms with Crippen molar-refractivity contribution in [2.24, 2.45) is 0 Å². The van der Waals surface area contributed by atoms with Crippen LogP contribution in [0.3, 0.4) is 0 Å². The molecule has 0 unspecified atom stereocenters. The van der Waals surface area contributed by atoms with E-state index in [4.69, 9.17) is 21.1 Å². The standard InChI is InChI=1S/C19H25ClN2O2/c1-3-5-10-21-12-15-6-8-17(18(11-15)23-4-2)24-14-16-7-9-19(20)22-13-16/h6-9,11,13,21H,3-5,10,12,14H2,1-2H3. The summed E-state index contributed by atoms with van der Waals surface area (Å²) >= 11 is 5.80. The van der Waals surface area contributed by atoms with Crippen molar-refractivity contribution >= 4 is 11.6 Å². The number of nitrogens with one attached hydrogen (secondary N) is 1. The van der Waals surface area contributed by atoms with Crippen LogP contribution in [0.2, 0.25) is 5.15 Å². The number of benzene rings is 1. The van der Waals surface area contributed by atoms with E-state index < -0.39 is 0 Å². The molecule has 0 aliphatic carbocycles. The Morgan fingerprint density at radius 2 is 1.88 bits per heavy atom. The fraction of sp³-hybridized carbons (Fsp3) is 0.421. The first-order chi connectivity index (χ1) is 11.7. The van der Waals surface area contributed by atoms with Crippen LogP contribution in [0.4, 0.5) is 0 Å². The summed E-state index contributed by atoms with van der Waals surface area (Å²) in [5.74, 6) is 1.51. The molecule has 0 radical (unpaired) electrons. The zero-order valence-corrected chi connectivity index (χ0v) is 15.1. The van der Waals surface area contributed by atoms with Gasteiger partial charge >= 0.3 is 0 Å². The van der Waals surface area contributed by atoms with Crippen molar-refractivity contribution in [3.63, 3.8) is 0 Å². The van der Waals surface area contributed by atoms with E-state index in [9.17, 15) is 0 Å². The predicted octanol–water partition coefficient (Wildman–Crippen LogP) is 4.60. The number of hydrogen-bond donors (Lipinski definition) is 1. The lowest BCUT2D eigenvalue weighted by molar-refractivity contribution is 0.269. The third-order valence-electron chi connectivity index (χ3n) is 3.53. The number of halogens is 1. The topological polar surface area (TPSA) is 43.4 Å². The third kappa shape index (κ3) is 6.02. The summed E-state index contributed by atoms with van der Waals surface area (Å²) in [6.45, 7) is 7.06. The van der Waals surface area contributed by atoms with E-state index in [2.05, 4.69) is 23.3 Å².